The van der Waals surface area contributed by atoms with Crippen LogP contribution < -0.4 is 10.1 Å². The summed E-state index contributed by atoms with van der Waals surface area (Å²) in [5.74, 6) is 0.917. The Kier molecular flexibility index (Phi) is 3.72. The number of ether oxygens (including phenoxy) is 1. The van der Waals surface area contributed by atoms with Gasteiger partial charge in [0, 0.05) is 0 Å². The van der Waals surface area contributed by atoms with Crippen LogP contribution in [0.3, 0.4) is 0 Å². The summed E-state index contributed by atoms with van der Waals surface area (Å²) in [6.07, 6.45) is -0.568. The van der Waals surface area contributed by atoms with E-state index in [1.807, 2.05) is 6.07 Å². The molecule has 17 heavy (non-hydrogen) atoms. The van der Waals surface area contributed by atoms with E-state index in [1.165, 1.54) is 0 Å². The van der Waals surface area contributed by atoms with Crippen LogP contribution in [-0.2, 0) is 0 Å². The molecule has 1 heterocycles. The second kappa shape index (κ2) is 5.45. The van der Waals surface area contributed by atoms with Gasteiger partial charge < -0.3 is 4.74 Å². The first kappa shape index (κ1) is 11.6. The summed E-state index contributed by atoms with van der Waals surface area (Å²) in [5.41, 5.74) is 0. The van der Waals surface area contributed by atoms with Gasteiger partial charge in [0.1, 0.15) is 16.2 Å². The SMILES string of the molecule is O=C(Nc1cccc(Br)n1)Oc1ccccc1. The van der Waals surface area contributed by atoms with Gasteiger partial charge in [0.15, 0.2) is 0 Å². The Balaban J connectivity index is 1.98. The van der Waals surface area contributed by atoms with Gasteiger partial charge in [0.25, 0.3) is 0 Å². The van der Waals surface area contributed by atoms with Crippen LogP contribution in [0.5, 0.6) is 5.75 Å². The average molecular weight is 293 g/mol. The number of hydrogen-bond acceptors (Lipinski definition) is 3. The number of pyridine rings is 1. The zero-order chi connectivity index (χ0) is 12.1. The summed E-state index contributed by atoms with van der Waals surface area (Å²) in [5, 5.41) is 2.53. The minimum atomic E-state index is -0.568. The van der Waals surface area contributed by atoms with Crippen molar-refractivity contribution in [3.05, 3.63) is 53.1 Å². The minimum Gasteiger partial charge on any atom is -0.410 e. The van der Waals surface area contributed by atoms with Crippen LogP contribution >= 0.6 is 15.9 Å². The minimum absolute atomic E-state index is 0.431. The quantitative estimate of drug-likeness (QED) is 0.863. The fraction of sp³-hybridized carbons (Fsp3) is 0. The second-order valence-electron chi connectivity index (χ2n) is 3.17. The van der Waals surface area contributed by atoms with Crippen molar-refractivity contribution in [1.82, 2.24) is 4.98 Å². The molecule has 0 aliphatic heterocycles. The Labute approximate surface area is 107 Å². The molecule has 2 aromatic rings. The van der Waals surface area contributed by atoms with E-state index < -0.39 is 6.09 Å². The van der Waals surface area contributed by atoms with Gasteiger partial charge in [-0.3, -0.25) is 5.32 Å². The van der Waals surface area contributed by atoms with Crippen LogP contribution in [0, 0.1) is 0 Å². The van der Waals surface area contributed by atoms with Crippen molar-refractivity contribution in [2.24, 2.45) is 0 Å². The predicted molar refractivity (Wildman–Crippen MR) is 68.0 cm³/mol. The number of carbonyl (C=O) groups is 1. The molecule has 0 saturated heterocycles. The highest BCUT2D eigenvalue weighted by Gasteiger charge is 2.05. The summed E-state index contributed by atoms with van der Waals surface area (Å²) >= 11 is 3.22. The van der Waals surface area contributed by atoms with Crippen LogP contribution in [0.1, 0.15) is 0 Å². The number of nitrogens with zero attached hydrogens (tertiary/aromatic N) is 1. The lowest BCUT2D eigenvalue weighted by molar-refractivity contribution is 0.215. The average Bonchev–Trinajstić information content (AvgIpc) is 2.30. The van der Waals surface area contributed by atoms with E-state index in [2.05, 4.69) is 26.2 Å². The fourth-order valence-electron chi connectivity index (χ4n) is 1.20. The smallest absolute Gasteiger partial charge is 0.410 e. The van der Waals surface area contributed by atoms with Crippen molar-refractivity contribution < 1.29 is 9.53 Å². The molecule has 0 spiro atoms. The first-order chi connectivity index (χ1) is 8.24. The molecule has 0 saturated carbocycles. The maximum absolute atomic E-state index is 11.5. The van der Waals surface area contributed by atoms with E-state index in [0.29, 0.717) is 16.2 Å². The lowest BCUT2D eigenvalue weighted by atomic mass is 10.3. The van der Waals surface area contributed by atoms with E-state index in [1.54, 1.807) is 42.5 Å². The van der Waals surface area contributed by atoms with Gasteiger partial charge in [-0.1, -0.05) is 24.3 Å². The highest BCUT2D eigenvalue weighted by Crippen LogP contribution is 2.12. The van der Waals surface area contributed by atoms with Gasteiger partial charge in [-0.15, -0.1) is 0 Å². The number of rotatable bonds is 2. The number of amides is 1. The molecule has 0 radical (unpaired) electrons. The number of anilines is 1. The molecular formula is C12H9BrN2O2. The zero-order valence-corrected chi connectivity index (χ0v) is 10.3. The van der Waals surface area contributed by atoms with Gasteiger partial charge in [0.05, 0.1) is 0 Å². The van der Waals surface area contributed by atoms with Crippen molar-refractivity contribution in [3.63, 3.8) is 0 Å². The first-order valence-corrected chi connectivity index (χ1v) is 5.70. The standard InChI is InChI=1S/C12H9BrN2O2/c13-10-7-4-8-11(14-10)15-12(16)17-9-5-2-1-3-6-9/h1-8H,(H,14,15,16). The lowest BCUT2D eigenvalue weighted by Crippen LogP contribution is -2.17. The van der Waals surface area contributed by atoms with Gasteiger partial charge in [0.2, 0.25) is 0 Å². The number of hydrogen-bond donors (Lipinski definition) is 1. The predicted octanol–water partition coefficient (Wildman–Crippen LogP) is 3.46. The van der Waals surface area contributed by atoms with Crippen LogP contribution in [-0.4, -0.2) is 11.1 Å². The molecule has 1 amide bonds. The van der Waals surface area contributed by atoms with Crippen LogP contribution in [0.15, 0.2) is 53.1 Å². The number of carbonyl (C=O) groups excluding carboxylic acids is 1. The summed E-state index contributed by atoms with van der Waals surface area (Å²) in [4.78, 5) is 15.6. The van der Waals surface area contributed by atoms with Crippen molar-refractivity contribution in [2.45, 2.75) is 0 Å². The van der Waals surface area contributed by atoms with Crippen LogP contribution in [0.25, 0.3) is 0 Å². The molecule has 86 valence electrons. The van der Waals surface area contributed by atoms with E-state index in [0.717, 1.165) is 0 Å². The lowest BCUT2D eigenvalue weighted by Gasteiger charge is -2.05. The Morgan fingerprint density at radius 3 is 2.59 bits per heavy atom. The molecular weight excluding hydrogens is 284 g/mol. The summed E-state index contributed by atoms with van der Waals surface area (Å²) in [7, 11) is 0. The van der Waals surface area contributed by atoms with Gasteiger partial charge in [-0.25, -0.2) is 9.78 Å². The summed E-state index contributed by atoms with van der Waals surface area (Å²) in [6.45, 7) is 0. The Morgan fingerprint density at radius 1 is 1.12 bits per heavy atom. The van der Waals surface area contributed by atoms with Crippen LogP contribution in [0.2, 0.25) is 0 Å². The Morgan fingerprint density at radius 2 is 1.88 bits per heavy atom. The molecule has 0 atom stereocenters. The fourth-order valence-corrected chi connectivity index (χ4v) is 1.55. The monoisotopic (exact) mass is 292 g/mol. The van der Waals surface area contributed by atoms with E-state index in [9.17, 15) is 4.79 Å². The third kappa shape index (κ3) is 3.57. The molecule has 0 unspecified atom stereocenters. The van der Waals surface area contributed by atoms with Crippen molar-refractivity contribution in [1.29, 1.82) is 0 Å². The Hall–Kier alpha value is -1.88. The Bertz CT molecular complexity index is 517. The van der Waals surface area contributed by atoms with Crippen molar-refractivity contribution >= 4 is 27.8 Å². The topological polar surface area (TPSA) is 51.2 Å². The van der Waals surface area contributed by atoms with Crippen molar-refractivity contribution in [3.8, 4) is 5.75 Å². The number of nitrogens with one attached hydrogen (secondary N) is 1. The maximum Gasteiger partial charge on any atom is 0.418 e. The number of benzene rings is 1. The normalized spacial score (nSPS) is 9.71. The number of aromatic nitrogens is 1. The number of halogens is 1. The molecule has 1 N–H and O–H groups in total. The molecule has 0 aliphatic carbocycles. The van der Waals surface area contributed by atoms with Gasteiger partial charge >= 0.3 is 6.09 Å². The molecule has 4 nitrogen and oxygen atoms in total. The third-order valence-electron chi connectivity index (χ3n) is 1.90. The second-order valence-corrected chi connectivity index (χ2v) is 3.99. The van der Waals surface area contributed by atoms with Gasteiger partial charge in [-0.05, 0) is 40.2 Å². The number of para-hydroxylation sites is 1. The molecule has 0 bridgehead atoms. The molecule has 0 aliphatic rings. The molecule has 0 fully saturated rings. The first-order valence-electron chi connectivity index (χ1n) is 4.90. The summed E-state index contributed by atoms with van der Waals surface area (Å²) in [6, 6.07) is 14.1. The van der Waals surface area contributed by atoms with Crippen LogP contribution in [0.4, 0.5) is 10.6 Å². The molecule has 2 rings (SSSR count). The van der Waals surface area contributed by atoms with E-state index in [4.69, 9.17) is 4.74 Å². The highest BCUT2D eigenvalue weighted by atomic mass is 79.9. The largest absolute Gasteiger partial charge is 0.418 e. The molecule has 5 heteroatoms. The zero-order valence-electron chi connectivity index (χ0n) is 8.76. The highest BCUT2D eigenvalue weighted by molar-refractivity contribution is 9.10. The molecule has 1 aromatic heterocycles. The van der Waals surface area contributed by atoms with Crippen molar-refractivity contribution in [2.75, 3.05) is 5.32 Å². The summed E-state index contributed by atoms with van der Waals surface area (Å²) < 4.78 is 5.70. The maximum atomic E-state index is 11.5. The van der Waals surface area contributed by atoms with E-state index >= 15 is 0 Å². The van der Waals surface area contributed by atoms with E-state index in [-0.39, 0.29) is 0 Å². The molecule has 1 aromatic carbocycles. The van der Waals surface area contributed by atoms with Gasteiger partial charge in [-0.2, -0.15) is 0 Å². The third-order valence-corrected chi connectivity index (χ3v) is 2.34.